The first-order valence-corrected chi connectivity index (χ1v) is 6.68. The van der Waals surface area contributed by atoms with E-state index in [-0.39, 0.29) is 18.0 Å². The Labute approximate surface area is 108 Å². The topological polar surface area (TPSA) is 35.5 Å². The lowest BCUT2D eigenvalue weighted by atomic mass is 9.87. The van der Waals surface area contributed by atoms with Crippen LogP contribution in [0.5, 0.6) is 5.75 Å². The summed E-state index contributed by atoms with van der Waals surface area (Å²) in [6, 6.07) is 9.79. The minimum atomic E-state index is -0.0705. The van der Waals surface area contributed by atoms with Crippen LogP contribution in [0.1, 0.15) is 32.6 Å². The van der Waals surface area contributed by atoms with Gasteiger partial charge in [-0.2, -0.15) is 0 Å². The summed E-state index contributed by atoms with van der Waals surface area (Å²) in [6.45, 7) is 2.30. The van der Waals surface area contributed by atoms with Crippen molar-refractivity contribution in [3.8, 4) is 5.75 Å². The molecule has 1 aromatic carbocycles. The molecule has 3 nitrogen and oxygen atoms in total. The lowest BCUT2D eigenvalue weighted by Gasteiger charge is -2.28. The molecule has 0 saturated heterocycles. The maximum atomic E-state index is 11.7. The predicted octanol–water partition coefficient (Wildman–Crippen LogP) is 3.19. The summed E-state index contributed by atoms with van der Waals surface area (Å²) in [5.41, 5.74) is 0. The number of hydrogen-bond acceptors (Lipinski definition) is 3. The molecule has 1 aromatic rings. The third-order valence-corrected chi connectivity index (χ3v) is 3.29. The molecule has 1 fully saturated rings. The zero-order valence-electron chi connectivity index (χ0n) is 10.8. The van der Waals surface area contributed by atoms with E-state index < -0.39 is 0 Å². The maximum Gasteiger partial charge on any atom is 0.309 e. The molecule has 0 bridgehead atoms. The lowest BCUT2D eigenvalue weighted by Crippen LogP contribution is -2.30. The molecule has 1 saturated carbocycles. The zero-order chi connectivity index (χ0) is 12.8. The van der Waals surface area contributed by atoms with E-state index >= 15 is 0 Å². The van der Waals surface area contributed by atoms with Crippen LogP contribution >= 0.6 is 0 Å². The molecule has 0 unspecified atom stereocenters. The Morgan fingerprint density at radius 1 is 1.28 bits per heavy atom. The van der Waals surface area contributed by atoms with Crippen molar-refractivity contribution in [3.05, 3.63) is 30.3 Å². The summed E-state index contributed by atoms with van der Waals surface area (Å²) in [4.78, 5) is 11.7. The van der Waals surface area contributed by atoms with Crippen molar-refractivity contribution in [2.24, 2.45) is 5.92 Å². The normalized spacial score (nSPS) is 23.4. The van der Waals surface area contributed by atoms with E-state index in [0.717, 1.165) is 31.4 Å². The third-order valence-electron chi connectivity index (χ3n) is 3.29. The van der Waals surface area contributed by atoms with Crippen LogP contribution in [0.3, 0.4) is 0 Å². The predicted molar refractivity (Wildman–Crippen MR) is 69.4 cm³/mol. The Morgan fingerprint density at radius 3 is 2.78 bits per heavy atom. The fraction of sp³-hybridized carbons (Fsp3) is 0.533. The van der Waals surface area contributed by atoms with Crippen molar-refractivity contribution in [1.29, 1.82) is 0 Å². The van der Waals surface area contributed by atoms with E-state index in [9.17, 15) is 4.79 Å². The number of ether oxygens (including phenoxy) is 2. The van der Waals surface area contributed by atoms with E-state index in [1.165, 1.54) is 0 Å². The number of para-hydroxylation sites is 1. The molecule has 0 radical (unpaired) electrons. The van der Waals surface area contributed by atoms with Gasteiger partial charge in [-0.3, -0.25) is 4.79 Å². The molecule has 1 aliphatic rings. The molecule has 1 aliphatic carbocycles. The van der Waals surface area contributed by atoms with Gasteiger partial charge in [-0.25, -0.2) is 0 Å². The van der Waals surface area contributed by atoms with Crippen molar-refractivity contribution in [3.63, 3.8) is 0 Å². The Bertz CT molecular complexity index is 375. The van der Waals surface area contributed by atoms with Crippen molar-refractivity contribution >= 4 is 5.97 Å². The van der Waals surface area contributed by atoms with Gasteiger partial charge in [0.2, 0.25) is 0 Å². The van der Waals surface area contributed by atoms with Crippen molar-refractivity contribution in [2.45, 2.75) is 38.7 Å². The molecule has 3 heteroatoms. The number of carbonyl (C=O) groups excluding carboxylic acids is 1. The van der Waals surface area contributed by atoms with E-state index in [2.05, 4.69) is 0 Å². The maximum absolute atomic E-state index is 11.7. The van der Waals surface area contributed by atoms with Gasteiger partial charge in [-0.1, -0.05) is 18.2 Å². The molecule has 0 amide bonds. The minimum Gasteiger partial charge on any atom is -0.490 e. The van der Waals surface area contributed by atoms with Gasteiger partial charge in [0, 0.05) is 0 Å². The van der Waals surface area contributed by atoms with E-state index in [0.29, 0.717) is 6.61 Å². The zero-order valence-corrected chi connectivity index (χ0v) is 10.8. The molecular weight excluding hydrogens is 228 g/mol. The molecule has 0 aromatic heterocycles. The Balaban J connectivity index is 1.89. The number of benzene rings is 1. The van der Waals surface area contributed by atoms with Crippen LogP contribution in [0.4, 0.5) is 0 Å². The number of rotatable bonds is 4. The molecule has 0 N–H and O–H groups in total. The van der Waals surface area contributed by atoms with Gasteiger partial charge in [-0.05, 0) is 44.7 Å². The largest absolute Gasteiger partial charge is 0.490 e. The molecule has 2 rings (SSSR count). The van der Waals surface area contributed by atoms with Crippen molar-refractivity contribution in [1.82, 2.24) is 0 Å². The average Bonchev–Trinajstić information content (AvgIpc) is 2.40. The van der Waals surface area contributed by atoms with Crippen LogP contribution in [0.25, 0.3) is 0 Å². The fourth-order valence-electron chi connectivity index (χ4n) is 2.42. The highest BCUT2D eigenvalue weighted by Crippen LogP contribution is 2.28. The van der Waals surface area contributed by atoms with Crippen LogP contribution in [-0.2, 0) is 9.53 Å². The summed E-state index contributed by atoms with van der Waals surface area (Å²) in [7, 11) is 0. The summed E-state index contributed by atoms with van der Waals surface area (Å²) in [5.74, 6) is 0.818. The molecule has 0 heterocycles. The second kappa shape index (κ2) is 6.43. The number of esters is 1. The fourth-order valence-corrected chi connectivity index (χ4v) is 2.42. The number of hydrogen-bond donors (Lipinski definition) is 0. The van der Waals surface area contributed by atoms with E-state index in [4.69, 9.17) is 9.47 Å². The summed E-state index contributed by atoms with van der Waals surface area (Å²) < 4.78 is 11.0. The lowest BCUT2D eigenvalue weighted by molar-refractivity contribution is -0.150. The van der Waals surface area contributed by atoms with Crippen molar-refractivity contribution < 1.29 is 14.3 Å². The summed E-state index contributed by atoms with van der Waals surface area (Å²) in [6.07, 6.45) is 3.88. The van der Waals surface area contributed by atoms with Gasteiger partial charge in [0.25, 0.3) is 0 Å². The van der Waals surface area contributed by atoms with Crippen LogP contribution in [-0.4, -0.2) is 18.7 Å². The second-order valence-corrected chi connectivity index (χ2v) is 4.67. The Hall–Kier alpha value is -1.51. The highest BCUT2D eigenvalue weighted by Gasteiger charge is 2.29. The second-order valence-electron chi connectivity index (χ2n) is 4.67. The Morgan fingerprint density at radius 2 is 2.06 bits per heavy atom. The monoisotopic (exact) mass is 248 g/mol. The van der Waals surface area contributed by atoms with Crippen LogP contribution in [0.15, 0.2) is 30.3 Å². The first kappa shape index (κ1) is 12.9. The third kappa shape index (κ3) is 3.49. The van der Waals surface area contributed by atoms with Gasteiger partial charge >= 0.3 is 5.97 Å². The molecule has 18 heavy (non-hydrogen) atoms. The molecule has 0 aliphatic heterocycles. The van der Waals surface area contributed by atoms with Crippen LogP contribution < -0.4 is 4.74 Å². The summed E-state index contributed by atoms with van der Waals surface area (Å²) in [5, 5.41) is 0. The molecule has 98 valence electrons. The number of carbonyl (C=O) groups is 1. The van der Waals surface area contributed by atoms with E-state index in [1.54, 1.807) is 0 Å². The molecule has 0 spiro atoms. The van der Waals surface area contributed by atoms with Crippen LogP contribution in [0.2, 0.25) is 0 Å². The minimum absolute atomic E-state index is 0.00686. The standard InChI is InChI=1S/C15H20O3/c1-2-17-15(16)12-7-6-10-14(11-12)18-13-8-4-3-5-9-13/h3-5,8-9,12,14H,2,6-7,10-11H2,1H3/t12-,14-/m1/s1. The van der Waals surface area contributed by atoms with Gasteiger partial charge in [-0.15, -0.1) is 0 Å². The Kier molecular flexibility index (Phi) is 4.62. The first-order chi connectivity index (χ1) is 8.79. The van der Waals surface area contributed by atoms with Crippen molar-refractivity contribution in [2.75, 3.05) is 6.61 Å². The highest BCUT2D eigenvalue weighted by molar-refractivity contribution is 5.72. The SMILES string of the molecule is CCOC(=O)[C@@H]1CCC[C@@H](Oc2ccccc2)C1. The highest BCUT2D eigenvalue weighted by atomic mass is 16.5. The smallest absolute Gasteiger partial charge is 0.309 e. The molecular formula is C15H20O3. The quantitative estimate of drug-likeness (QED) is 0.768. The van der Waals surface area contributed by atoms with E-state index in [1.807, 2.05) is 37.3 Å². The summed E-state index contributed by atoms with van der Waals surface area (Å²) >= 11 is 0. The van der Waals surface area contributed by atoms with Gasteiger partial charge in [0.15, 0.2) is 0 Å². The van der Waals surface area contributed by atoms with Gasteiger partial charge in [0.1, 0.15) is 5.75 Å². The van der Waals surface area contributed by atoms with Gasteiger partial charge in [0.05, 0.1) is 18.6 Å². The average molecular weight is 248 g/mol. The van der Waals surface area contributed by atoms with Crippen LogP contribution in [0, 0.1) is 5.92 Å². The van der Waals surface area contributed by atoms with Gasteiger partial charge < -0.3 is 9.47 Å². The first-order valence-electron chi connectivity index (χ1n) is 6.68. The molecule has 2 atom stereocenters.